The molecular weight excluding hydrogens is 857 g/mol. The van der Waals surface area contributed by atoms with Crippen molar-refractivity contribution in [3.05, 3.63) is 104 Å². The third kappa shape index (κ3) is 12.2. The summed E-state index contributed by atoms with van der Waals surface area (Å²) in [5.74, 6) is 0.870. The van der Waals surface area contributed by atoms with Crippen molar-refractivity contribution in [2.24, 2.45) is 11.8 Å². The number of unbranched alkanes of at least 4 members (excludes halogenated alkanes) is 16. The first-order chi connectivity index (χ1) is 32.7. The average Bonchev–Trinajstić information content (AvgIpc) is 4.18. The van der Waals surface area contributed by atoms with Gasteiger partial charge in [0.1, 0.15) is 0 Å². The summed E-state index contributed by atoms with van der Waals surface area (Å²) in [5.41, 5.74) is 9.54. The Kier molecular flexibility index (Phi) is 19.2. The van der Waals surface area contributed by atoms with E-state index in [1.165, 1.54) is 161 Å². The Morgan fingerprint density at radius 2 is 0.940 bits per heavy atom. The third-order valence-electron chi connectivity index (χ3n) is 15.4. The van der Waals surface area contributed by atoms with E-state index in [9.17, 15) is 0 Å². The minimum absolute atomic E-state index is 0.0353. The number of carbonyl (C=O) groups is 2. The number of hydrogen-bond acceptors (Lipinski definition) is 4. The molecular formula is C61H84N2O2S2. The molecule has 0 fully saturated rings. The Balaban J connectivity index is 1.27. The van der Waals surface area contributed by atoms with E-state index in [4.69, 9.17) is 0 Å². The Bertz CT molecular complexity index is 2280. The molecule has 0 bridgehead atoms. The second kappa shape index (κ2) is 25.2. The minimum atomic E-state index is -0.0933. The number of benzene rings is 2. The zero-order valence-electron chi connectivity index (χ0n) is 42.5. The number of rotatable bonds is 31. The summed E-state index contributed by atoms with van der Waals surface area (Å²) in [7, 11) is 0. The molecule has 1 aliphatic carbocycles. The van der Waals surface area contributed by atoms with Gasteiger partial charge in [-0.15, -0.1) is 22.7 Å². The maximum Gasteiger partial charge on any atom is 0.261 e. The molecule has 7 rings (SSSR count). The van der Waals surface area contributed by atoms with Crippen molar-refractivity contribution < 1.29 is 9.59 Å². The molecule has 3 aliphatic rings. The van der Waals surface area contributed by atoms with E-state index in [0.29, 0.717) is 36.1 Å². The fraction of sp³-hybridized carbons (Fsp3) is 0.574. The third-order valence-corrected chi connectivity index (χ3v) is 17.4. The predicted octanol–water partition coefficient (Wildman–Crippen LogP) is 18.3. The van der Waals surface area contributed by atoms with Gasteiger partial charge in [-0.1, -0.05) is 212 Å². The molecule has 2 aromatic heterocycles. The van der Waals surface area contributed by atoms with Crippen molar-refractivity contribution >= 4 is 45.9 Å². The van der Waals surface area contributed by atoms with Gasteiger partial charge < -0.3 is 9.80 Å². The summed E-state index contributed by atoms with van der Waals surface area (Å²) in [6, 6.07) is 24.5. The molecule has 0 saturated heterocycles. The molecule has 2 aliphatic heterocycles. The van der Waals surface area contributed by atoms with Crippen LogP contribution in [0.3, 0.4) is 0 Å². The van der Waals surface area contributed by atoms with Gasteiger partial charge in [0.25, 0.3) is 11.8 Å². The maximum atomic E-state index is 15.6. The van der Waals surface area contributed by atoms with Crippen LogP contribution in [-0.2, 0) is 15.0 Å². The zero-order chi connectivity index (χ0) is 47.2. The van der Waals surface area contributed by atoms with Gasteiger partial charge in [0.05, 0.1) is 32.3 Å². The number of nitrogens with zero attached hydrogens (tertiary/aromatic N) is 2. The highest BCUT2D eigenvalue weighted by Gasteiger charge is 2.50. The summed E-state index contributed by atoms with van der Waals surface area (Å²) in [6.45, 7) is 15.2. The average molecular weight is 941 g/mol. The van der Waals surface area contributed by atoms with Gasteiger partial charge in [-0.2, -0.15) is 0 Å². The first-order valence-corrected chi connectivity index (χ1v) is 28.9. The SMILES string of the molecule is CCCCCCCCC(CCCCCC)CN1C(=O)C2=C(c3ccc(-c4ccc5c(c4)C(C)(C)c4ccccc4-5)s3)N(CC(CCCCCC)CCCCCCCC)C(=O)C2=C1c1cccs1. The van der Waals surface area contributed by atoms with Crippen LogP contribution in [-0.4, -0.2) is 34.7 Å². The molecule has 4 heterocycles. The number of fused-ring (bicyclic) bond motifs is 4. The van der Waals surface area contributed by atoms with E-state index >= 15 is 9.59 Å². The Hall–Kier alpha value is -3.74. The van der Waals surface area contributed by atoms with Gasteiger partial charge in [0.15, 0.2) is 0 Å². The van der Waals surface area contributed by atoms with Crippen molar-refractivity contribution in [2.45, 2.75) is 201 Å². The Labute approximate surface area is 414 Å². The second-order valence-electron chi connectivity index (χ2n) is 20.9. The fourth-order valence-electron chi connectivity index (χ4n) is 11.5. The van der Waals surface area contributed by atoms with Gasteiger partial charge in [-0.25, -0.2) is 0 Å². The van der Waals surface area contributed by atoms with Crippen LogP contribution >= 0.6 is 22.7 Å². The molecule has 2 unspecified atom stereocenters. The number of thiophene rings is 2. The van der Waals surface area contributed by atoms with Crippen LogP contribution in [0.25, 0.3) is 33.0 Å². The molecule has 67 heavy (non-hydrogen) atoms. The first kappa shape index (κ1) is 51.1. The maximum absolute atomic E-state index is 15.6. The van der Waals surface area contributed by atoms with Crippen LogP contribution in [0.15, 0.2) is 83.3 Å². The van der Waals surface area contributed by atoms with Gasteiger partial charge in [0.2, 0.25) is 0 Å². The second-order valence-corrected chi connectivity index (χ2v) is 22.9. The number of amides is 2. The molecule has 4 nitrogen and oxygen atoms in total. The lowest BCUT2D eigenvalue weighted by atomic mass is 9.82. The van der Waals surface area contributed by atoms with Crippen molar-refractivity contribution in [3.63, 3.8) is 0 Å². The lowest BCUT2D eigenvalue weighted by Crippen LogP contribution is -2.34. The lowest BCUT2D eigenvalue weighted by molar-refractivity contribution is -0.124. The lowest BCUT2D eigenvalue weighted by Gasteiger charge is -2.29. The predicted molar refractivity (Wildman–Crippen MR) is 289 cm³/mol. The molecule has 0 radical (unpaired) electrons. The number of carbonyl (C=O) groups excluding carboxylic acids is 2. The van der Waals surface area contributed by atoms with E-state index in [1.807, 2.05) is 0 Å². The van der Waals surface area contributed by atoms with E-state index in [2.05, 4.69) is 123 Å². The molecule has 0 spiro atoms. The van der Waals surface area contributed by atoms with Gasteiger partial charge in [-0.05, 0) is 95.0 Å². The van der Waals surface area contributed by atoms with Crippen LogP contribution in [0.4, 0.5) is 0 Å². The quantitative estimate of drug-likeness (QED) is 0.0472. The highest BCUT2D eigenvalue weighted by Crippen LogP contribution is 2.52. The normalized spacial score (nSPS) is 16.1. The van der Waals surface area contributed by atoms with Crippen LogP contribution in [0.5, 0.6) is 0 Å². The highest BCUT2D eigenvalue weighted by atomic mass is 32.1. The minimum Gasteiger partial charge on any atom is -0.306 e. The van der Waals surface area contributed by atoms with Crippen LogP contribution < -0.4 is 0 Å². The summed E-state index contributed by atoms with van der Waals surface area (Å²) in [4.78, 5) is 38.6. The summed E-state index contributed by atoms with van der Waals surface area (Å²) >= 11 is 3.42. The summed E-state index contributed by atoms with van der Waals surface area (Å²) < 4.78 is 0. The zero-order valence-corrected chi connectivity index (χ0v) is 44.1. The van der Waals surface area contributed by atoms with Crippen LogP contribution in [0, 0.1) is 11.8 Å². The molecule has 2 atom stereocenters. The monoisotopic (exact) mass is 941 g/mol. The molecule has 2 amide bonds. The van der Waals surface area contributed by atoms with Gasteiger partial charge in [0, 0.05) is 23.4 Å². The van der Waals surface area contributed by atoms with Crippen LogP contribution in [0.2, 0.25) is 0 Å². The van der Waals surface area contributed by atoms with Crippen molar-refractivity contribution in [2.75, 3.05) is 13.1 Å². The Morgan fingerprint density at radius 1 is 0.478 bits per heavy atom. The van der Waals surface area contributed by atoms with Crippen molar-refractivity contribution in [1.29, 1.82) is 0 Å². The first-order valence-electron chi connectivity index (χ1n) is 27.2. The molecule has 0 N–H and O–H groups in total. The highest BCUT2D eigenvalue weighted by molar-refractivity contribution is 7.16. The van der Waals surface area contributed by atoms with Gasteiger partial charge in [-0.3, -0.25) is 9.59 Å². The largest absolute Gasteiger partial charge is 0.306 e. The van der Waals surface area contributed by atoms with Crippen molar-refractivity contribution in [3.8, 4) is 21.6 Å². The molecule has 4 aromatic rings. The van der Waals surface area contributed by atoms with E-state index in [1.54, 1.807) is 22.7 Å². The summed E-state index contributed by atoms with van der Waals surface area (Å²) in [6.07, 6.45) is 29.6. The Morgan fingerprint density at radius 3 is 1.46 bits per heavy atom. The fourth-order valence-corrected chi connectivity index (χ4v) is 13.3. The number of hydrogen-bond donors (Lipinski definition) is 0. The molecule has 362 valence electrons. The molecule has 0 saturated carbocycles. The van der Waals surface area contributed by atoms with E-state index < -0.39 is 0 Å². The topological polar surface area (TPSA) is 40.6 Å². The van der Waals surface area contributed by atoms with Crippen molar-refractivity contribution in [1.82, 2.24) is 9.80 Å². The van der Waals surface area contributed by atoms with Crippen LogP contribution in [0.1, 0.15) is 217 Å². The van der Waals surface area contributed by atoms with Gasteiger partial charge >= 0.3 is 0 Å². The standard InChI is InChI=1S/C61H84N2O2S2/c1-7-11-15-19-21-25-32-45(30-23-17-13-9-3)43-62-57(53-36-29-41-66-53)55-56(60(62)65)58(63(59(55)64)44-46(31-24-18-14-10-4)33-26-22-20-16-12-8-2)54-40-39-52(67-54)47-37-38-49-48-34-27-28-35-50(48)61(5,6)51(49)42-47/h27-29,34-42,45-46H,7-26,30-33,43-44H2,1-6H3. The van der Waals surface area contributed by atoms with E-state index in [-0.39, 0.29) is 17.2 Å². The smallest absolute Gasteiger partial charge is 0.261 e. The molecule has 2 aromatic carbocycles. The van der Waals surface area contributed by atoms with E-state index in [0.717, 1.165) is 46.8 Å². The summed E-state index contributed by atoms with van der Waals surface area (Å²) in [5, 5.41) is 2.11. The molecule has 6 heteroatoms.